The number of rotatable bonds is 9. The lowest BCUT2D eigenvalue weighted by atomic mass is 10.2. The van der Waals surface area contributed by atoms with Crippen molar-refractivity contribution in [3.63, 3.8) is 0 Å². The van der Waals surface area contributed by atoms with Crippen molar-refractivity contribution in [3.8, 4) is 17.2 Å². The summed E-state index contributed by atoms with van der Waals surface area (Å²) in [6, 6.07) is 12.3. The van der Waals surface area contributed by atoms with Crippen LogP contribution in [0.5, 0.6) is 17.2 Å². The Morgan fingerprint density at radius 3 is 2.45 bits per heavy atom. The molecule has 8 nitrogen and oxygen atoms in total. The number of hydrogen-bond donors (Lipinski definition) is 2. The van der Waals surface area contributed by atoms with Gasteiger partial charge in [0.2, 0.25) is 5.91 Å². The molecule has 0 aliphatic heterocycles. The molecule has 2 rings (SSSR count). The lowest BCUT2D eigenvalue weighted by Gasteiger charge is -2.11. The maximum absolute atomic E-state index is 12.1. The minimum Gasteiger partial charge on any atom is -0.495 e. The van der Waals surface area contributed by atoms with E-state index in [9.17, 15) is 9.59 Å². The summed E-state index contributed by atoms with van der Waals surface area (Å²) < 4.78 is 16.7. The molecular weight excluding hydrogens is 442 g/mol. The third kappa shape index (κ3) is 7.11. The third-order valence-corrected chi connectivity index (χ3v) is 4.15. The van der Waals surface area contributed by atoms with E-state index < -0.39 is 5.91 Å². The van der Waals surface area contributed by atoms with Gasteiger partial charge in [0, 0.05) is 10.2 Å². The molecule has 0 saturated carbocycles. The standard InChI is InChI=1S/C20H22BrN3O5/c1-13(10-19(25)22-15-6-4-5-7-16(15)27-2)23-24-20(26)12-29-17-9-8-14(21)11-18(17)28-3/h4-9,11H,10,12H2,1-3H3,(H,22,25)(H,24,26). The van der Waals surface area contributed by atoms with Crippen LogP contribution in [0.2, 0.25) is 0 Å². The topological polar surface area (TPSA) is 98.2 Å². The third-order valence-electron chi connectivity index (χ3n) is 3.65. The Morgan fingerprint density at radius 1 is 1.00 bits per heavy atom. The van der Waals surface area contributed by atoms with E-state index in [4.69, 9.17) is 14.2 Å². The Hall–Kier alpha value is -3.07. The van der Waals surface area contributed by atoms with Crippen molar-refractivity contribution in [2.24, 2.45) is 5.10 Å². The Labute approximate surface area is 177 Å². The summed E-state index contributed by atoms with van der Waals surface area (Å²) in [6.45, 7) is 1.39. The summed E-state index contributed by atoms with van der Waals surface area (Å²) in [5.74, 6) is 0.757. The predicted octanol–water partition coefficient (Wildman–Crippen LogP) is 3.37. The molecule has 0 fully saturated rings. The molecule has 0 radical (unpaired) electrons. The van der Waals surface area contributed by atoms with Gasteiger partial charge >= 0.3 is 0 Å². The molecule has 2 N–H and O–H groups in total. The van der Waals surface area contributed by atoms with Gasteiger partial charge in [0.1, 0.15) is 5.75 Å². The van der Waals surface area contributed by atoms with E-state index in [2.05, 4.69) is 31.8 Å². The second-order valence-electron chi connectivity index (χ2n) is 5.89. The van der Waals surface area contributed by atoms with Crippen molar-refractivity contribution < 1.29 is 23.8 Å². The van der Waals surface area contributed by atoms with Gasteiger partial charge in [0.25, 0.3) is 5.91 Å². The van der Waals surface area contributed by atoms with Crippen LogP contribution in [0.3, 0.4) is 0 Å². The molecule has 9 heteroatoms. The fourth-order valence-corrected chi connectivity index (χ4v) is 2.65. The molecule has 0 saturated heterocycles. The molecule has 0 aliphatic rings. The minimum atomic E-state index is -0.459. The zero-order chi connectivity index (χ0) is 21.2. The molecular formula is C20H22BrN3O5. The van der Waals surface area contributed by atoms with E-state index in [1.54, 1.807) is 43.3 Å². The number of hydrazone groups is 1. The van der Waals surface area contributed by atoms with Crippen molar-refractivity contribution >= 4 is 39.1 Å². The average Bonchev–Trinajstić information content (AvgIpc) is 2.71. The van der Waals surface area contributed by atoms with Crippen LogP contribution >= 0.6 is 15.9 Å². The fourth-order valence-electron chi connectivity index (χ4n) is 2.31. The summed E-state index contributed by atoms with van der Waals surface area (Å²) in [7, 11) is 3.04. The van der Waals surface area contributed by atoms with Crippen molar-refractivity contribution in [2.45, 2.75) is 13.3 Å². The number of carbonyl (C=O) groups is 2. The van der Waals surface area contributed by atoms with Crippen molar-refractivity contribution in [1.82, 2.24) is 5.43 Å². The number of amides is 2. The molecule has 2 amide bonds. The smallest absolute Gasteiger partial charge is 0.277 e. The molecule has 0 aliphatic carbocycles. The largest absolute Gasteiger partial charge is 0.495 e. The van der Waals surface area contributed by atoms with Crippen LogP contribution in [0.4, 0.5) is 5.69 Å². The average molecular weight is 464 g/mol. The van der Waals surface area contributed by atoms with Crippen LogP contribution in [0.25, 0.3) is 0 Å². The van der Waals surface area contributed by atoms with E-state index in [1.165, 1.54) is 14.2 Å². The van der Waals surface area contributed by atoms with Crippen LogP contribution in [0, 0.1) is 0 Å². The highest BCUT2D eigenvalue weighted by molar-refractivity contribution is 9.10. The van der Waals surface area contributed by atoms with E-state index in [-0.39, 0.29) is 18.9 Å². The van der Waals surface area contributed by atoms with Crippen LogP contribution in [-0.2, 0) is 9.59 Å². The second kappa shape index (κ2) is 11.1. The highest BCUT2D eigenvalue weighted by Crippen LogP contribution is 2.30. The van der Waals surface area contributed by atoms with Crippen LogP contribution in [-0.4, -0.2) is 38.4 Å². The number of nitrogens with zero attached hydrogens (tertiary/aromatic N) is 1. The summed E-state index contributed by atoms with van der Waals surface area (Å²) >= 11 is 3.33. The summed E-state index contributed by atoms with van der Waals surface area (Å²) in [5.41, 5.74) is 3.36. The maximum Gasteiger partial charge on any atom is 0.277 e. The summed E-state index contributed by atoms with van der Waals surface area (Å²) in [6.07, 6.45) is 0.0136. The number of hydrogen-bond acceptors (Lipinski definition) is 6. The number of nitrogens with one attached hydrogen (secondary N) is 2. The van der Waals surface area contributed by atoms with Crippen LogP contribution in [0.1, 0.15) is 13.3 Å². The summed E-state index contributed by atoms with van der Waals surface area (Å²) in [5, 5.41) is 6.67. The molecule has 29 heavy (non-hydrogen) atoms. The van der Waals surface area contributed by atoms with Gasteiger partial charge in [-0.3, -0.25) is 9.59 Å². The maximum atomic E-state index is 12.1. The number of para-hydroxylation sites is 2. The van der Waals surface area contributed by atoms with Gasteiger partial charge in [-0.25, -0.2) is 5.43 Å². The number of anilines is 1. The Morgan fingerprint density at radius 2 is 1.72 bits per heavy atom. The van der Waals surface area contributed by atoms with Crippen LogP contribution < -0.4 is 25.0 Å². The van der Waals surface area contributed by atoms with Crippen molar-refractivity contribution in [1.29, 1.82) is 0 Å². The normalized spacial score (nSPS) is 10.8. The molecule has 2 aromatic carbocycles. The van der Waals surface area contributed by atoms with Crippen LogP contribution in [0.15, 0.2) is 52.0 Å². The molecule has 0 heterocycles. The van der Waals surface area contributed by atoms with Gasteiger partial charge < -0.3 is 19.5 Å². The lowest BCUT2D eigenvalue weighted by molar-refractivity contribution is -0.123. The lowest BCUT2D eigenvalue weighted by Crippen LogP contribution is -2.26. The van der Waals surface area contributed by atoms with Crippen molar-refractivity contribution in [2.75, 3.05) is 26.1 Å². The van der Waals surface area contributed by atoms with Gasteiger partial charge in [-0.1, -0.05) is 28.1 Å². The van der Waals surface area contributed by atoms with Gasteiger partial charge in [0.15, 0.2) is 18.1 Å². The zero-order valence-corrected chi connectivity index (χ0v) is 17.9. The van der Waals surface area contributed by atoms with E-state index in [0.717, 1.165) is 4.47 Å². The number of halogens is 1. The molecule has 154 valence electrons. The predicted molar refractivity (Wildman–Crippen MR) is 114 cm³/mol. The van der Waals surface area contributed by atoms with Crippen molar-refractivity contribution in [3.05, 3.63) is 46.9 Å². The van der Waals surface area contributed by atoms with Gasteiger partial charge in [-0.05, 0) is 37.3 Å². The Bertz CT molecular complexity index is 901. The first-order valence-electron chi connectivity index (χ1n) is 8.64. The van der Waals surface area contributed by atoms with Gasteiger partial charge in [0.05, 0.1) is 26.3 Å². The number of methoxy groups -OCH3 is 2. The molecule has 0 bridgehead atoms. The number of carbonyl (C=O) groups excluding carboxylic acids is 2. The summed E-state index contributed by atoms with van der Waals surface area (Å²) in [4.78, 5) is 24.1. The minimum absolute atomic E-state index is 0.0136. The first kappa shape index (κ1) is 22.2. The highest BCUT2D eigenvalue weighted by Gasteiger charge is 2.10. The van der Waals surface area contributed by atoms with E-state index in [0.29, 0.717) is 28.6 Å². The van der Waals surface area contributed by atoms with E-state index in [1.807, 2.05) is 6.07 Å². The first-order chi connectivity index (χ1) is 13.9. The number of ether oxygens (including phenoxy) is 3. The second-order valence-corrected chi connectivity index (χ2v) is 6.81. The monoisotopic (exact) mass is 463 g/mol. The highest BCUT2D eigenvalue weighted by atomic mass is 79.9. The fraction of sp³-hybridized carbons (Fsp3) is 0.250. The molecule has 0 aromatic heterocycles. The zero-order valence-electron chi connectivity index (χ0n) is 16.3. The van der Waals surface area contributed by atoms with E-state index >= 15 is 0 Å². The molecule has 0 spiro atoms. The Kier molecular flexibility index (Phi) is 8.47. The molecule has 2 aromatic rings. The SMILES string of the molecule is COc1ccccc1NC(=O)CC(C)=NNC(=O)COc1ccc(Br)cc1OC. The molecule has 0 atom stereocenters. The first-order valence-corrected chi connectivity index (χ1v) is 9.43. The Balaban J connectivity index is 1.82. The quantitative estimate of drug-likeness (QED) is 0.438. The number of benzene rings is 2. The molecule has 0 unspecified atom stereocenters. The van der Waals surface area contributed by atoms with Gasteiger partial charge in [-0.2, -0.15) is 5.10 Å². The van der Waals surface area contributed by atoms with Gasteiger partial charge in [-0.15, -0.1) is 0 Å².